The Morgan fingerprint density at radius 1 is 1.33 bits per heavy atom. The number of hydrogen-bond donors (Lipinski definition) is 2. The molecule has 21 heavy (non-hydrogen) atoms. The topological polar surface area (TPSA) is 54.3 Å². The Kier molecular flexibility index (Phi) is 4.85. The number of aliphatic hydroxyl groups excluding tert-OH is 1. The van der Waals surface area contributed by atoms with E-state index >= 15 is 0 Å². The van der Waals surface area contributed by atoms with Crippen molar-refractivity contribution >= 4 is 21.8 Å². The summed E-state index contributed by atoms with van der Waals surface area (Å²) in [6.45, 7) is 5.60. The summed E-state index contributed by atoms with van der Waals surface area (Å²) in [4.78, 5) is 12.2. The monoisotopic (exact) mass is 350 g/mol. The molecule has 0 bridgehead atoms. The molecule has 1 atom stereocenters. The highest BCUT2D eigenvalue weighted by molar-refractivity contribution is 9.10. The van der Waals surface area contributed by atoms with Gasteiger partial charge in [-0.2, -0.15) is 0 Å². The molecule has 0 aliphatic carbocycles. The van der Waals surface area contributed by atoms with Gasteiger partial charge in [-0.3, -0.25) is 4.79 Å². The van der Waals surface area contributed by atoms with E-state index in [4.69, 9.17) is 5.11 Å². The average molecular weight is 351 g/mol. The van der Waals surface area contributed by atoms with Crippen LogP contribution in [0.5, 0.6) is 0 Å². The molecule has 0 aliphatic rings. The molecule has 0 aliphatic heterocycles. The van der Waals surface area contributed by atoms with Crippen LogP contribution in [0.25, 0.3) is 5.69 Å². The molecule has 0 saturated heterocycles. The number of hydrogen-bond acceptors (Lipinski definition) is 2. The molecule has 2 N–H and O–H groups in total. The summed E-state index contributed by atoms with van der Waals surface area (Å²) in [6.07, 6.45) is 0. The van der Waals surface area contributed by atoms with Gasteiger partial charge < -0.3 is 15.0 Å². The molecule has 1 heterocycles. The molecule has 0 radical (unpaired) electrons. The highest BCUT2D eigenvalue weighted by Crippen LogP contribution is 2.22. The molecule has 0 spiro atoms. The highest BCUT2D eigenvalue weighted by atomic mass is 79.9. The zero-order valence-electron chi connectivity index (χ0n) is 12.4. The van der Waals surface area contributed by atoms with Gasteiger partial charge in [0.1, 0.15) is 0 Å². The lowest BCUT2D eigenvalue weighted by Gasteiger charge is -2.12. The average Bonchev–Trinajstić information content (AvgIpc) is 2.75. The molecule has 1 unspecified atom stereocenters. The van der Waals surface area contributed by atoms with Gasteiger partial charge in [0.2, 0.25) is 0 Å². The van der Waals surface area contributed by atoms with E-state index < -0.39 is 0 Å². The van der Waals surface area contributed by atoms with Crippen LogP contribution >= 0.6 is 15.9 Å². The number of aromatic nitrogens is 1. The Morgan fingerprint density at radius 3 is 2.52 bits per heavy atom. The number of rotatable bonds is 4. The molecular formula is C16H19BrN2O2. The Balaban J connectivity index is 2.38. The minimum absolute atomic E-state index is 0.0722. The fraction of sp³-hybridized carbons (Fsp3) is 0.312. The second kappa shape index (κ2) is 6.45. The third kappa shape index (κ3) is 3.36. The normalized spacial score (nSPS) is 12.2. The van der Waals surface area contributed by atoms with Crippen LogP contribution in [-0.4, -0.2) is 28.2 Å². The molecule has 1 aromatic carbocycles. The van der Waals surface area contributed by atoms with Gasteiger partial charge >= 0.3 is 0 Å². The summed E-state index contributed by atoms with van der Waals surface area (Å²) in [5, 5.41) is 11.8. The van der Waals surface area contributed by atoms with Gasteiger partial charge in [-0.05, 0) is 51.1 Å². The van der Waals surface area contributed by atoms with Gasteiger partial charge in [-0.15, -0.1) is 0 Å². The molecule has 2 aromatic rings. The van der Waals surface area contributed by atoms with E-state index in [0.717, 1.165) is 21.5 Å². The van der Waals surface area contributed by atoms with Gasteiger partial charge in [0.15, 0.2) is 0 Å². The van der Waals surface area contributed by atoms with Crippen LogP contribution in [0.3, 0.4) is 0 Å². The Hall–Kier alpha value is -1.59. The number of nitrogens with one attached hydrogen (secondary N) is 1. The lowest BCUT2D eigenvalue weighted by Crippen LogP contribution is -2.35. The maximum atomic E-state index is 12.2. The third-order valence-electron chi connectivity index (χ3n) is 3.41. The molecular weight excluding hydrogens is 332 g/mol. The number of benzene rings is 1. The smallest absolute Gasteiger partial charge is 0.253 e. The predicted octanol–water partition coefficient (Wildman–Crippen LogP) is 2.97. The number of amides is 1. The van der Waals surface area contributed by atoms with Crippen molar-refractivity contribution in [1.82, 2.24) is 9.88 Å². The quantitative estimate of drug-likeness (QED) is 0.890. The minimum Gasteiger partial charge on any atom is -0.394 e. The van der Waals surface area contributed by atoms with E-state index in [1.54, 1.807) is 6.92 Å². The van der Waals surface area contributed by atoms with Crippen LogP contribution in [0.15, 0.2) is 34.8 Å². The highest BCUT2D eigenvalue weighted by Gasteiger charge is 2.17. The Bertz CT molecular complexity index is 647. The maximum absolute atomic E-state index is 12.2. The van der Waals surface area contributed by atoms with Crippen LogP contribution in [0.4, 0.5) is 0 Å². The van der Waals surface area contributed by atoms with Crippen molar-refractivity contribution in [3.8, 4) is 5.69 Å². The number of halogens is 1. The third-order valence-corrected chi connectivity index (χ3v) is 3.94. The molecule has 4 nitrogen and oxygen atoms in total. The zero-order chi connectivity index (χ0) is 15.6. The lowest BCUT2D eigenvalue weighted by molar-refractivity contribution is 0.0921. The molecule has 2 rings (SSSR count). The molecule has 0 fully saturated rings. The van der Waals surface area contributed by atoms with Crippen molar-refractivity contribution in [2.75, 3.05) is 6.61 Å². The first kappa shape index (κ1) is 15.8. The molecule has 5 heteroatoms. The minimum atomic E-state index is -0.256. The van der Waals surface area contributed by atoms with E-state index in [-0.39, 0.29) is 18.6 Å². The van der Waals surface area contributed by atoms with E-state index in [9.17, 15) is 4.79 Å². The van der Waals surface area contributed by atoms with Crippen molar-refractivity contribution in [3.63, 3.8) is 0 Å². The van der Waals surface area contributed by atoms with Gasteiger partial charge in [-0.25, -0.2) is 0 Å². The zero-order valence-corrected chi connectivity index (χ0v) is 13.9. The first-order valence-electron chi connectivity index (χ1n) is 6.80. The Morgan fingerprint density at radius 2 is 1.95 bits per heavy atom. The van der Waals surface area contributed by atoms with Gasteiger partial charge in [0.05, 0.1) is 12.2 Å². The number of carbonyl (C=O) groups excluding carboxylic acids is 1. The predicted molar refractivity (Wildman–Crippen MR) is 87.0 cm³/mol. The van der Waals surface area contributed by atoms with E-state index in [0.29, 0.717) is 5.56 Å². The summed E-state index contributed by atoms with van der Waals surface area (Å²) in [7, 11) is 0. The summed E-state index contributed by atoms with van der Waals surface area (Å²) in [5.74, 6) is -0.159. The molecule has 1 amide bonds. The summed E-state index contributed by atoms with van der Waals surface area (Å²) < 4.78 is 3.06. The number of aryl methyl sites for hydroxylation is 1. The molecule has 0 saturated carbocycles. The van der Waals surface area contributed by atoms with E-state index in [1.165, 1.54) is 0 Å². The molecule has 1 aromatic heterocycles. The van der Waals surface area contributed by atoms with Crippen LogP contribution in [0, 0.1) is 13.8 Å². The number of carbonyl (C=O) groups is 1. The van der Waals surface area contributed by atoms with Crippen LogP contribution in [0.2, 0.25) is 0 Å². The van der Waals surface area contributed by atoms with Crippen LogP contribution in [-0.2, 0) is 0 Å². The van der Waals surface area contributed by atoms with E-state index in [1.807, 2.05) is 48.7 Å². The lowest BCUT2D eigenvalue weighted by atomic mass is 10.2. The summed E-state index contributed by atoms with van der Waals surface area (Å²) in [6, 6.07) is 9.57. The first-order valence-corrected chi connectivity index (χ1v) is 7.60. The first-order chi connectivity index (χ1) is 9.93. The van der Waals surface area contributed by atoms with Crippen molar-refractivity contribution < 1.29 is 9.90 Å². The second-order valence-electron chi connectivity index (χ2n) is 5.15. The SMILES string of the molecule is Cc1cc(C(=O)NC(C)CO)c(C)n1-c1ccc(Br)cc1. The van der Waals surface area contributed by atoms with Crippen molar-refractivity contribution in [3.05, 3.63) is 51.8 Å². The fourth-order valence-electron chi connectivity index (χ4n) is 2.33. The van der Waals surface area contributed by atoms with Gasteiger partial charge in [-0.1, -0.05) is 15.9 Å². The van der Waals surface area contributed by atoms with Crippen LogP contribution in [0.1, 0.15) is 28.7 Å². The molecule has 112 valence electrons. The Labute approximate surface area is 132 Å². The maximum Gasteiger partial charge on any atom is 0.253 e. The summed E-state index contributed by atoms with van der Waals surface area (Å²) >= 11 is 3.42. The van der Waals surface area contributed by atoms with Crippen molar-refractivity contribution in [1.29, 1.82) is 0 Å². The fourth-order valence-corrected chi connectivity index (χ4v) is 2.59. The number of nitrogens with zero attached hydrogens (tertiary/aromatic N) is 1. The van der Waals surface area contributed by atoms with E-state index in [2.05, 4.69) is 21.2 Å². The standard InChI is InChI=1S/C16H19BrN2O2/c1-10(9-20)18-16(21)15-8-11(2)19(12(15)3)14-6-4-13(17)5-7-14/h4-8,10,20H,9H2,1-3H3,(H,18,21). The van der Waals surface area contributed by atoms with Gasteiger partial charge in [0.25, 0.3) is 5.91 Å². The largest absolute Gasteiger partial charge is 0.394 e. The summed E-state index contributed by atoms with van der Waals surface area (Å²) in [5.41, 5.74) is 3.53. The number of aliphatic hydroxyl groups is 1. The second-order valence-corrected chi connectivity index (χ2v) is 6.07. The van der Waals surface area contributed by atoms with Crippen LogP contribution < -0.4 is 5.32 Å². The van der Waals surface area contributed by atoms with Gasteiger partial charge in [0, 0.05) is 27.6 Å². The van der Waals surface area contributed by atoms with Crippen molar-refractivity contribution in [2.45, 2.75) is 26.8 Å². The van der Waals surface area contributed by atoms with Crippen molar-refractivity contribution in [2.24, 2.45) is 0 Å².